The molecule has 0 amide bonds. The maximum absolute atomic E-state index is 4.53. The highest BCUT2D eigenvalue weighted by molar-refractivity contribution is 5.90. The van der Waals surface area contributed by atoms with Gasteiger partial charge in [0.25, 0.3) is 0 Å². The number of benzene rings is 1. The van der Waals surface area contributed by atoms with Gasteiger partial charge in [-0.2, -0.15) is 0 Å². The van der Waals surface area contributed by atoms with E-state index in [1.807, 2.05) is 12.3 Å². The molecule has 2 nitrogen and oxygen atoms in total. The lowest BCUT2D eigenvalue weighted by molar-refractivity contribution is 0.319. The number of nitrogens with one attached hydrogen (secondary N) is 1. The van der Waals surface area contributed by atoms with Crippen LogP contribution in [0.1, 0.15) is 45.4 Å². The number of aromatic nitrogens is 1. The topological polar surface area (TPSA) is 24.9 Å². The highest BCUT2D eigenvalue weighted by Crippen LogP contribution is 2.30. The molecule has 1 aromatic carbocycles. The van der Waals surface area contributed by atoms with Crippen molar-refractivity contribution < 1.29 is 0 Å². The molecule has 2 aromatic rings. The summed E-state index contributed by atoms with van der Waals surface area (Å²) in [5.41, 5.74) is 2.30. The van der Waals surface area contributed by atoms with E-state index in [1.54, 1.807) is 0 Å². The van der Waals surface area contributed by atoms with E-state index in [9.17, 15) is 0 Å². The predicted octanol–water partition coefficient (Wildman–Crippen LogP) is 5.01. The Morgan fingerprint density at radius 3 is 2.70 bits per heavy atom. The molecule has 1 fully saturated rings. The molecule has 1 aliphatic carbocycles. The van der Waals surface area contributed by atoms with Crippen molar-refractivity contribution in [3.63, 3.8) is 0 Å². The van der Waals surface area contributed by atoms with E-state index >= 15 is 0 Å². The standard InChI is InChI=1S/C18H24N2/c1-2-5-14-9-11-16(12-10-14)20-17-8-3-6-15-7-4-13-19-18(15)17/h3-4,6-8,13-14,16,20H,2,5,9-12H2,1H3. The molecule has 106 valence electrons. The Bertz CT molecular complexity index is 551. The Balaban J connectivity index is 1.68. The number of pyridine rings is 1. The molecule has 0 radical (unpaired) electrons. The number of nitrogens with zero attached hydrogens (tertiary/aromatic N) is 1. The van der Waals surface area contributed by atoms with E-state index in [2.05, 4.69) is 41.5 Å². The van der Waals surface area contributed by atoms with Gasteiger partial charge in [-0.05, 0) is 43.7 Å². The Morgan fingerprint density at radius 2 is 1.90 bits per heavy atom. The number of hydrogen-bond acceptors (Lipinski definition) is 2. The largest absolute Gasteiger partial charge is 0.381 e. The predicted molar refractivity (Wildman–Crippen MR) is 86.0 cm³/mol. The van der Waals surface area contributed by atoms with Gasteiger partial charge in [0, 0.05) is 17.6 Å². The first-order chi connectivity index (χ1) is 9.86. The van der Waals surface area contributed by atoms with Crippen LogP contribution in [0.15, 0.2) is 36.5 Å². The van der Waals surface area contributed by atoms with Crippen LogP contribution >= 0.6 is 0 Å². The molecule has 0 unspecified atom stereocenters. The Morgan fingerprint density at radius 1 is 1.10 bits per heavy atom. The van der Waals surface area contributed by atoms with Crippen LogP contribution in [0.3, 0.4) is 0 Å². The first kappa shape index (κ1) is 13.4. The number of rotatable bonds is 4. The molecular formula is C18H24N2. The summed E-state index contributed by atoms with van der Waals surface area (Å²) in [4.78, 5) is 4.53. The number of para-hydroxylation sites is 1. The van der Waals surface area contributed by atoms with Crippen LogP contribution in [0.25, 0.3) is 10.9 Å². The summed E-state index contributed by atoms with van der Waals surface area (Å²) in [6, 6.07) is 11.2. The summed E-state index contributed by atoms with van der Waals surface area (Å²) in [7, 11) is 0. The van der Waals surface area contributed by atoms with Crippen molar-refractivity contribution in [2.75, 3.05) is 5.32 Å². The summed E-state index contributed by atoms with van der Waals surface area (Å²) >= 11 is 0. The van der Waals surface area contributed by atoms with Crippen molar-refractivity contribution in [2.24, 2.45) is 5.92 Å². The molecule has 2 heteroatoms. The minimum absolute atomic E-state index is 0.621. The third-order valence-corrected chi connectivity index (χ3v) is 4.54. The zero-order valence-electron chi connectivity index (χ0n) is 12.3. The second kappa shape index (κ2) is 6.25. The second-order valence-corrected chi connectivity index (χ2v) is 6.03. The second-order valence-electron chi connectivity index (χ2n) is 6.03. The highest BCUT2D eigenvalue weighted by Gasteiger charge is 2.20. The molecular weight excluding hydrogens is 244 g/mol. The first-order valence-electron chi connectivity index (χ1n) is 7.97. The van der Waals surface area contributed by atoms with Gasteiger partial charge in [0.1, 0.15) is 0 Å². The molecule has 20 heavy (non-hydrogen) atoms. The summed E-state index contributed by atoms with van der Waals surface area (Å²) < 4.78 is 0. The molecule has 1 N–H and O–H groups in total. The third-order valence-electron chi connectivity index (χ3n) is 4.54. The van der Waals surface area contributed by atoms with Gasteiger partial charge >= 0.3 is 0 Å². The van der Waals surface area contributed by atoms with Crippen LogP contribution < -0.4 is 5.32 Å². The van der Waals surface area contributed by atoms with Crippen molar-refractivity contribution in [3.05, 3.63) is 36.5 Å². The van der Waals surface area contributed by atoms with Crippen molar-refractivity contribution >= 4 is 16.6 Å². The van der Waals surface area contributed by atoms with E-state index in [1.165, 1.54) is 49.6 Å². The fourth-order valence-electron chi connectivity index (χ4n) is 3.44. The van der Waals surface area contributed by atoms with E-state index in [0.29, 0.717) is 6.04 Å². The van der Waals surface area contributed by atoms with E-state index < -0.39 is 0 Å². The number of anilines is 1. The number of hydrogen-bond donors (Lipinski definition) is 1. The lowest BCUT2D eigenvalue weighted by atomic mass is 9.83. The molecule has 1 heterocycles. The van der Waals surface area contributed by atoms with Crippen LogP contribution in [-0.4, -0.2) is 11.0 Å². The SMILES string of the molecule is CCCC1CCC(Nc2cccc3cccnc23)CC1. The van der Waals surface area contributed by atoms with Crippen LogP contribution in [0.5, 0.6) is 0 Å². The van der Waals surface area contributed by atoms with E-state index in [4.69, 9.17) is 0 Å². The number of fused-ring (bicyclic) bond motifs is 1. The highest BCUT2D eigenvalue weighted by atomic mass is 14.9. The Kier molecular flexibility index (Phi) is 4.19. The van der Waals surface area contributed by atoms with Gasteiger partial charge in [-0.25, -0.2) is 0 Å². The molecule has 0 spiro atoms. The Labute approximate surface area is 121 Å². The normalized spacial score (nSPS) is 22.9. The molecule has 1 aromatic heterocycles. The minimum Gasteiger partial charge on any atom is -0.381 e. The maximum Gasteiger partial charge on any atom is 0.0933 e. The van der Waals surface area contributed by atoms with Gasteiger partial charge < -0.3 is 5.32 Å². The van der Waals surface area contributed by atoms with E-state index in [0.717, 1.165) is 11.4 Å². The molecule has 3 rings (SSSR count). The fourth-order valence-corrected chi connectivity index (χ4v) is 3.44. The van der Waals surface area contributed by atoms with Crippen LogP contribution in [0, 0.1) is 5.92 Å². The van der Waals surface area contributed by atoms with Crippen LogP contribution in [-0.2, 0) is 0 Å². The molecule has 0 atom stereocenters. The van der Waals surface area contributed by atoms with Gasteiger partial charge in [0.2, 0.25) is 0 Å². The zero-order chi connectivity index (χ0) is 13.8. The Hall–Kier alpha value is -1.57. The average Bonchev–Trinajstić information content (AvgIpc) is 2.50. The summed E-state index contributed by atoms with van der Waals surface area (Å²) in [6.45, 7) is 2.30. The molecule has 1 aliphatic rings. The van der Waals surface area contributed by atoms with Crippen molar-refractivity contribution in [3.8, 4) is 0 Å². The van der Waals surface area contributed by atoms with Gasteiger partial charge in [0.15, 0.2) is 0 Å². The minimum atomic E-state index is 0.621. The summed E-state index contributed by atoms with van der Waals surface area (Å²) in [5, 5.41) is 4.94. The molecule has 0 aliphatic heterocycles. The fraction of sp³-hybridized carbons (Fsp3) is 0.500. The maximum atomic E-state index is 4.53. The van der Waals surface area contributed by atoms with Crippen molar-refractivity contribution in [2.45, 2.75) is 51.5 Å². The smallest absolute Gasteiger partial charge is 0.0933 e. The first-order valence-corrected chi connectivity index (χ1v) is 7.97. The zero-order valence-corrected chi connectivity index (χ0v) is 12.3. The summed E-state index contributed by atoms with van der Waals surface area (Å²) in [6.07, 6.45) is 9.97. The van der Waals surface area contributed by atoms with Crippen molar-refractivity contribution in [1.29, 1.82) is 0 Å². The molecule has 1 saturated carbocycles. The quantitative estimate of drug-likeness (QED) is 0.843. The molecule has 0 bridgehead atoms. The molecule has 0 saturated heterocycles. The van der Waals surface area contributed by atoms with Crippen molar-refractivity contribution in [1.82, 2.24) is 4.98 Å². The van der Waals surface area contributed by atoms with Gasteiger partial charge in [-0.3, -0.25) is 4.98 Å². The van der Waals surface area contributed by atoms with Gasteiger partial charge in [-0.1, -0.05) is 38.0 Å². The average molecular weight is 268 g/mol. The monoisotopic (exact) mass is 268 g/mol. The van der Waals surface area contributed by atoms with Crippen LogP contribution in [0.2, 0.25) is 0 Å². The summed E-state index contributed by atoms with van der Waals surface area (Å²) in [5.74, 6) is 0.962. The van der Waals surface area contributed by atoms with Gasteiger partial charge in [0.05, 0.1) is 11.2 Å². The lowest BCUT2D eigenvalue weighted by Crippen LogP contribution is -2.26. The van der Waals surface area contributed by atoms with Crippen LogP contribution in [0.4, 0.5) is 5.69 Å². The van der Waals surface area contributed by atoms with Gasteiger partial charge in [-0.15, -0.1) is 0 Å². The lowest BCUT2D eigenvalue weighted by Gasteiger charge is -2.29. The third kappa shape index (κ3) is 2.95. The van der Waals surface area contributed by atoms with E-state index in [-0.39, 0.29) is 0 Å².